The molecule has 2 aromatic heterocycles. The summed E-state index contributed by atoms with van der Waals surface area (Å²) in [4.78, 5) is 39.4. The van der Waals surface area contributed by atoms with Gasteiger partial charge in [-0.1, -0.05) is 31.8 Å². The summed E-state index contributed by atoms with van der Waals surface area (Å²) in [6.07, 6.45) is 6.81. The van der Waals surface area contributed by atoms with E-state index in [0.29, 0.717) is 35.5 Å². The molecule has 2 fully saturated rings. The van der Waals surface area contributed by atoms with Gasteiger partial charge in [0.05, 0.1) is 5.69 Å². The van der Waals surface area contributed by atoms with Gasteiger partial charge in [0.1, 0.15) is 24.2 Å². The number of anilines is 1. The molecule has 11 heteroatoms. The SMILES string of the molecule is Cc1nn(COCC[Si](C)(C)C)c(C=O)c1-c1ccc(NC(=O)[C@@H](NC(=O)c2ccnn2C(C)C)C(C2CC2)C2CC2)cc1. The second-order valence-corrected chi connectivity index (χ2v) is 19.5. The van der Waals surface area contributed by atoms with Crippen molar-refractivity contribution in [2.45, 2.75) is 91.0 Å². The van der Waals surface area contributed by atoms with Crippen molar-refractivity contribution in [1.29, 1.82) is 0 Å². The van der Waals surface area contributed by atoms with E-state index in [-0.39, 0.29) is 30.5 Å². The number of hydrogen-bond acceptors (Lipinski definition) is 6. The predicted octanol–water partition coefficient (Wildman–Crippen LogP) is 5.93. The van der Waals surface area contributed by atoms with Crippen LogP contribution in [-0.4, -0.2) is 58.4 Å². The lowest BCUT2D eigenvalue weighted by Crippen LogP contribution is -2.50. The number of aldehydes is 1. The number of ether oxygens (including phenoxy) is 1. The summed E-state index contributed by atoms with van der Waals surface area (Å²) in [5, 5.41) is 15.0. The van der Waals surface area contributed by atoms with Gasteiger partial charge in [-0.25, -0.2) is 4.68 Å². The predicted molar refractivity (Wildman–Crippen MR) is 173 cm³/mol. The molecular weight excluding hydrogens is 572 g/mol. The lowest BCUT2D eigenvalue weighted by atomic mass is 9.88. The van der Waals surface area contributed by atoms with Gasteiger partial charge >= 0.3 is 0 Å². The average Bonchev–Trinajstić information content (AvgIpc) is 3.90. The maximum atomic E-state index is 13.8. The van der Waals surface area contributed by atoms with Gasteiger partial charge < -0.3 is 15.4 Å². The standard InChI is InChI=1S/C33H46N6O4Si/c1-21(2)39-27(15-16-34-39)32(41)36-31(30(24-7-8-24)25-9-10-25)33(42)35-26-13-11-23(12-14-26)29-22(3)37-38(28(29)19-40)20-43-17-18-44(4,5)6/h11-16,19,21,24-25,30-31H,7-10,17-18,20H2,1-6H3,(H,35,42)(H,36,41)/t31-/m0/s1. The van der Waals surface area contributed by atoms with E-state index in [2.05, 4.69) is 40.5 Å². The highest BCUT2D eigenvalue weighted by Crippen LogP contribution is 2.51. The summed E-state index contributed by atoms with van der Waals surface area (Å²) in [7, 11) is -1.22. The van der Waals surface area contributed by atoms with Gasteiger partial charge in [0.15, 0.2) is 6.29 Å². The van der Waals surface area contributed by atoms with Crippen molar-refractivity contribution in [3.8, 4) is 11.1 Å². The van der Waals surface area contributed by atoms with Gasteiger partial charge in [-0.3, -0.25) is 19.1 Å². The van der Waals surface area contributed by atoms with Crippen molar-refractivity contribution in [2.75, 3.05) is 11.9 Å². The van der Waals surface area contributed by atoms with Crippen LogP contribution in [-0.2, 0) is 16.3 Å². The first-order valence-corrected chi connectivity index (χ1v) is 19.5. The zero-order valence-corrected chi connectivity index (χ0v) is 27.8. The smallest absolute Gasteiger partial charge is 0.270 e. The number of benzene rings is 1. The quantitative estimate of drug-likeness (QED) is 0.124. The van der Waals surface area contributed by atoms with E-state index >= 15 is 0 Å². The molecule has 3 aromatic rings. The minimum atomic E-state index is -1.22. The van der Waals surface area contributed by atoms with Crippen molar-refractivity contribution >= 4 is 31.9 Å². The summed E-state index contributed by atoms with van der Waals surface area (Å²) >= 11 is 0. The number of hydrogen-bond donors (Lipinski definition) is 2. The molecule has 2 aliphatic carbocycles. The van der Waals surface area contributed by atoms with E-state index in [1.165, 1.54) is 0 Å². The highest BCUT2D eigenvalue weighted by Gasteiger charge is 2.48. The molecule has 1 aromatic carbocycles. The van der Waals surface area contributed by atoms with Crippen molar-refractivity contribution in [3.63, 3.8) is 0 Å². The second kappa shape index (κ2) is 13.2. The first-order chi connectivity index (χ1) is 21.0. The highest BCUT2D eigenvalue weighted by atomic mass is 28.3. The first-order valence-electron chi connectivity index (χ1n) is 15.8. The Labute approximate surface area is 260 Å². The molecule has 5 rings (SSSR count). The van der Waals surface area contributed by atoms with Crippen molar-refractivity contribution in [2.24, 2.45) is 17.8 Å². The number of nitrogens with zero attached hydrogens (tertiary/aromatic N) is 4. The zero-order valence-electron chi connectivity index (χ0n) is 26.8. The van der Waals surface area contributed by atoms with Crippen LogP contribution in [0.1, 0.15) is 72.2 Å². The largest absolute Gasteiger partial charge is 0.360 e. The Balaban J connectivity index is 1.31. The third-order valence-corrected chi connectivity index (χ3v) is 10.3. The third kappa shape index (κ3) is 7.55. The van der Waals surface area contributed by atoms with Gasteiger partial charge in [-0.2, -0.15) is 10.2 Å². The van der Waals surface area contributed by atoms with Gasteiger partial charge in [-0.15, -0.1) is 0 Å². The van der Waals surface area contributed by atoms with Gasteiger partial charge in [0.25, 0.3) is 5.91 Å². The van der Waals surface area contributed by atoms with E-state index in [9.17, 15) is 14.4 Å². The maximum Gasteiger partial charge on any atom is 0.270 e. The zero-order chi connectivity index (χ0) is 31.6. The summed E-state index contributed by atoms with van der Waals surface area (Å²) in [6, 6.07) is 9.56. The number of nitrogens with one attached hydrogen (secondary N) is 2. The number of aryl methyl sites for hydroxylation is 1. The van der Waals surface area contributed by atoms with Gasteiger partial charge in [0.2, 0.25) is 5.91 Å². The van der Waals surface area contributed by atoms with Crippen LogP contribution in [0.2, 0.25) is 25.7 Å². The number of rotatable bonds is 15. The summed E-state index contributed by atoms with van der Waals surface area (Å²) < 4.78 is 9.15. The highest BCUT2D eigenvalue weighted by molar-refractivity contribution is 6.76. The van der Waals surface area contributed by atoms with Gasteiger partial charge in [0, 0.05) is 38.2 Å². The van der Waals surface area contributed by atoms with E-state index in [1.807, 2.05) is 45.0 Å². The molecule has 0 unspecified atom stereocenters. The maximum absolute atomic E-state index is 13.8. The minimum absolute atomic E-state index is 0.0252. The Hall–Kier alpha value is -3.57. The molecule has 236 valence electrons. The Bertz CT molecular complexity index is 1470. The molecule has 2 heterocycles. The molecule has 0 aliphatic heterocycles. The molecule has 0 radical (unpaired) electrons. The van der Waals surface area contributed by atoms with Crippen LogP contribution in [0.4, 0.5) is 5.69 Å². The summed E-state index contributed by atoms with van der Waals surface area (Å²) in [5.41, 5.74) is 3.86. The molecule has 44 heavy (non-hydrogen) atoms. The Morgan fingerprint density at radius 3 is 2.30 bits per heavy atom. The van der Waals surface area contributed by atoms with E-state index in [4.69, 9.17) is 4.74 Å². The molecule has 2 N–H and O–H groups in total. The van der Waals surface area contributed by atoms with Crippen LogP contribution in [0.3, 0.4) is 0 Å². The van der Waals surface area contributed by atoms with Crippen molar-refractivity contribution in [1.82, 2.24) is 24.9 Å². The topological polar surface area (TPSA) is 120 Å². The number of aromatic nitrogens is 4. The molecule has 2 amide bonds. The molecule has 0 spiro atoms. The lowest BCUT2D eigenvalue weighted by molar-refractivity contribution is -0.119. The third-order valence-electron chi connectivity index (χ3n) is 8.61. The molecule has 1 atom stereocenters. The van der Waals surface area contributed by atoms with Crippen LogP contribution >= 0.6 is 0 Å². The van der Waals surface area contributed by atoms with E-state index in [0.717, 1.165) is 54.8 Å². The van der Waals surface area contributed by atoms with Crippen LogP contribution in [0.25, 0.3) is 11.1 Å². The molecular formula is C33H46N6O4Si. The normalized spacial score (nSPS) is 15.9. The van der Waals surface area contributed by atoms with Crippen molar-refractivity contribution in [3.05, 3.63) is 53.6 Å². The average molecular weight is 619 g/mol. The fourth-order valence-corrected chi connectivity index (χ4v) is 6.75. The molecule has 0 saturated heterocycles. The fraction of sp³-hybridized carbons (Fsp3) is 0.545. The Morgan fingerprint density at radius 2 is 1.73 bits per heavy atom. The van der Waals surface area contributed by atoms with Crippen LogP contribution in [0.5, 0.6) is 0 Å². The lowest BCUT2D eigenvalue weighted by Gasteiger charge is -2.28. The Kier molecular flexibility index (Phi) is 9.55. The number of amides is 2. The summed E-state index contributed by atoms with van der Waals surface area (Å²) in [5.74, 6) is 0.536. The molecule has 10 nitrogen and oxygen atoms in total. The van der Waals surface area contributed by atoms with Crippen LogP contribution < -0.4 is 10.6 Å². The monoisotopic (exact) mass is 618 g/mol. The Morgan fingerprint density at radius 1 is 1.07 bits per heavy atom. The number of carbonyl (C=O) groups excluding carboxylic acids is 3. The fourth-order valence-electron chi connectivity index (χ4n) is 5.99. The van der Waals surface area contributed by atoms with E-state index in [1.54, 1.807) is 21.6 Å². The van der Waals surface area contributed by atoms with E-state index < -0.39 is 14.1 Å². The summed E-state index contributed by atoms with van der Waals surface area (Å²) in [6.45, 7) is 13.6. The molecule has 0 bridgehead atoms. The minimum Gasteiger partial charge on any atom is -0.360 e. The molecule has 2 aliphatic rings. The van der Waals surface area contributed by atoms with Gasteiger partial charge in [-0.05, 0) is 94.0 Å². The first kappa shape index (κ1) is 31.8. The van der Waals surface area contributed by atoms with Crippen LogP contribution in [0.15, 0.2) is 36.5 Å². The number of carbonyl (C=O) groups is 3. The molecule has 2 saturated carbocycles. The van der Waals surface area contributed by atoms with Crippen LogP contribution in [0, 0.1) is 24.7 Å². The second-order valence-electron chi connectivity index (χ2n) is 13.8. The van der Waals surface area contributed by atoms with Crippen molar-refractivity contribution < 1.29 is 19.1 Å².